The van der Waals surface area contributed by atoms with E-state index in [1.165, 1.54) is 6.08 Å². The minimum absolute atomic E-state index is 0.104. The third kappa shape index (κ3) is 3.66. The van der Waals surface area contributed by atoms with Crippen LogP contribution < -0.4 is 4.72 Å². The third-order valence-electron chi connectivity index (χ3n) is 2.78. The third-order valence-corrected chi connectivity index (χ3v) is 4.25. The highest BCUT2D eigenvalue weighted by atomic mass is 32.2. The molecule has 0 spiro atoms. The van der Waals surface area contributed by atoms with Gasteiger partial charge in [0.15, 0.2) is 0 Å². The van der Waals surface area contributed by atoms with Gasteiger partial charge in [-0.3, -0.25) is 0 Å². The summed E-state index contributed by atoms with van der Waals surface area (Å²) in [5.41, 5.74) is 0.998. The van der Waals surface area contributed by atoms with Crippen LogP contribution in [-0.4, -0.2) is 26.2 Å². The van der Waals surface area contributed by atoms with Crippen molar-refractivity contribution in [3.63, 3.8) is 0 Å². The number of rotatable bonds is 6. The van der Waals surface area contributed by atoms with E-state index in [0.29, 0.717) is 0 Å². The molecule has 100 valence electrons. The first kappa shape index (κ1) is 14.9. The van der Waals surface area contributed by atoms with Crippen LogP contribution in [0.4, 0.5) is 0 Å². The zero-order chi connectivity index (χ0) is 13.8. The van der Waals surface area contributed by atoms with Gasteiger partial charge in [-0.1, -0.05) is 30.7 Å². The molecule has 4 nitrogen and oxygen atoms in total. The summed E-state index contributed by atoms with van der Waals surface area (Å²) in [4.78, 5) is 0.213. The highest BCUT2D eigenvalue weighted by molar-refractivity contribution is 7.89. The van der Waals surface area contributed by atoms with Crippen molar-refractivity contribution < 1.29 is 13.5 Å². The van der Waals surface area contributed by atoms with Crippen molar-refractivity contribution in [3.8, 4) is 0 Å². The molecule has 2 N–H and O–H groups in total. The van der Waals surface area contributed by atoms with Crippen LogP contribution in [0, 0.1) is 12.8 Å². The van der Waals surface area contributed by atoms with Crippen molar-refractivity contribution in [2.45, 2.75) is 24.8 Å². The predicted molar refractivity (Wildman–Crippen MR) is 71.7 cm³/mol. The Morgan fingerprint density at radius 2 is 1.94 bits per heavy atom. The summed E-state index contributed by atoms with van der Waals surface area (Å²) >= 11 is 0. The van der Waals surface area contributed by atoms with Gasteiger partial charge >= 0.3 is 0 Å². The van der Waals surface area contributed by atoms with Gasteiger partial charge in [0, 0.05) is 12.6 Å². The molecule has 0 unspecified atom stereocenters. The minimum atomic E-state index is -3.58. The average Bonchev–Trinajstić information content (AvgIpc) is 2.35. The highest BCUT2D eigenvalue weighted by Crippen LogP contribution is 2.13. The fraction of sp³-hybridized carbons (Fsp3) is 0.385. The molecule has 0 radical (unpaired) electrons. The van der Waals surface area contributed by atoms with E-state index in [-0.39, 0.29) is 17.4 Å². The van der Waals surface area contributed by atoms with E-state index in [0.717, 1.165) is 5.56 Å². The summed E-state index contributed by atoms with van der Waals surface area (Å²) in [7, 11) is -3.58. The molecule has 0 fully saturated rings. The molecule has 0 aliphatic carbocycles. The van der Waals surface area contributed by atoms with E-state index in [4.69, 9.17) is 5.11 Å². The molecule has 0 amide bonds. The van der Waals surface area contributed by atoms with Crippen molar-refractivity contribution in [1.29, 1.82) is 0 Å². The lowest BCUT2D eigenvalue weighted by molar-refractivity contribution is 0.223. The molecule has 0 heterocycles. The molecule has 0 saturated carbocycles. The predicted octanol–water partition coefficient (Wildman–Crippen LogP) is 1.46. The Hall–Kier alpha value is -1.17. The Labute approximate surface area is 108 Å². The van der Waals surface area contributed by atoms with Crippen LogP contribution in [0.15, 0.2) is 41.8 Å². The summed E-state index contributed by atoms with van der Waals surface area (Å²) in [6, 6.07) is 6.12. The largest absolute Gasteiger partial charge is 0.396 e. The van der Waals surface area contributed by atoms with Gasteiger partial charge in [-0.15, -0.1) is 6.58 Å². The highest BCUT2D eigenvalue weighted by Gasteiger charge is 2.21. The van der Waals surface area contributed by atoms with Crippen LogP contribution in [0.2, 0.25) is 0 Å². The number of nitrogens with one attached hydrogen (secondary N) is 1. The fourth-order valence-electron chi connectivity index (χ4n) is 1.47. The van der Waals surface area contributed by atoms with Crippen molar-refractivity contribution >= 4 is 10.0 Å². The average molecular weight is 269 g/mol. The summed E-state index contributed by atoms with van der Waals surface area (Å²) in [6.07, 6.45) is 1.49. The Kier molecular flexibility index (Phi) is 5.07. The van der Waals surface area contributed by atoms with E-state index < -0.39 is 16.1 Å². The van der Waals surface area contributed by atoms with E-state index in [1.807, 2.05) is 6.92 Å². The summed E-state index contributed by atoms with van der Waals surface area (Å²) in [5, 5.41) is 9.06. The lowest BCUT2D eigenvalue weighted by Gasteiger charge is -2.20. The van der Waals surface area contributed by atoms with Crippen molar-refractivity contribution in [1.82, 2.24) is 4.72 Å². The topological polar surface area (TPSA) is 66.4 Å². The SMILES string of the molecule is C=C[C@@H](NS(=O)(=O)c1ccc(C)cc1)[C@@H](C)CO. The lowest BCUT2D eigenvalue weighted by atomic mass is 10.1. The van der Waals surface area contributed by atoms with Crippen LogP contribution in [0.1, 0.15) is 12.5 Å². The Bertz CT molecular complexity index is 493. The molecular weight excluding hydrogens is 250 g/mol. The molecule has 0 aromatic heterocycles. The maximum Gasteiger partial charge on any atom is 0.241 e. The normalized spacial score (nSPS) is 15.1. The molecule has 1 aromatic carbocycles. The molecule has 2 atom stereocenters. The molecule has 0 aliphatic rings. The maximum absolute atomic E-state index is 12.1. The molecule has 0 aliphatic heterocycles. The summed E-state index contributed by atoms with van der Waals surface area (Å²) in [5.74, 6) is -0.220. The fourth-order valence-corrected chi connectivity index (χ4v) is 2.79. The van der Waals surface area contributed by atoms with E-state index in [9.17, 15) is 8.42 Å². The Balaban J connectivity index is 2.93. The van der Waals surface area contributed by atoms with Gasteiger partial charge in [-0.25, -0.2) is 13.1 Å². The first-order chi connectivity index (χ1) is 8.40. The number of hydrogen-bond acceptors (Lipinski definition) is 3. The van der Waals surface area contributed by atoms with E-state index in [1.54, 1.807) is 31.2 Å². The second-order valence-electron chi connectivity index (χ2n) is 4.36. The smallest absolute Gasteiger partial charge is 0.241 e. The van der Waals surface area contributed by atoms with Crippen molar-refractivity contribution in [2.24, 2.45) is 5.92 Å². The van der Waals surface area contributed by atoms with Gasteiger partial charge in [-0.2, -0.15) is 0 Å². The van der Waals surface area contributed by atoms with Gasteiger partial charge in [0.05, 0.1) is 4.90 Å². The quantitative estimate of drug-likeness (QED) is 0.768. The zero-order valence-electron chi connectivity index (χ0n) is 10.6. The number of aliphatic hydroxyl groups excluding tert-OH is 1. The van der Waals surface area contributed by atoms with Crippen molar-refractivity contribution in [2.75, 3.05) is 6.61 Å². The van der Waals surface area contributed by atoms with Gasteiger partial charge in [0.1, 0.15) is 0 Å². The standard InChI is InChI=1S/C13H19NO3S/c1-4-13(11(3)9-15)14-18(16,17)12-7-5-10(2)6-8-12/h4-8,11,13-15H,1,9H2,2-3H3/t11-,13+/m0/s1. The Morgan fingerprint density at radius 1 is 1.39 bits per heavy atom. The molecule has 18 heavy (non-hydrogen) atoms. The second kappa shape index (κ2) is 6.13. The molecule has 1 rings (SSSR count). The lowest BCUT2D eigenvalue weighted by Crippen LogP contribution is -2.39. The molecule has 1 aromatic rings. The number of sulfonamides is 1. The van der Waals surface area contributed by atoms with Crippen LogP contribution in [0.5, 0.6) is 0 Å². The maximum atomic E-state index is 12.1. The van der Waals surface area contributed by atoms with Gasteiger partial charge in [-0.05, 0) is 25.0 Å². The van der Waals surface area contributed by atoms with Crippen molar-refractivity contribution in [3.05, 3.63) is 42.5 Å². The minimum Gasteiger partial charge on any atom is -0.396 e. The molecule has 0 saturated heterocycles. The second-order valence-corrected chi connectivity index (χ2v) is 6.07. The zero-order valence-corrected chi connectivity index (χ0v) is 11.4. The molecule has 5 heteroatoms. The van der Waals surface area contributed by atoms with Crippen LogP contribution in [0.25, 0.3) is 0 Å². The van der Waals surface area contributed by atoms with Gasteiger partial charge in [0.2, 0.25) is 10.0 Å². The molecular formula is C13H19NO3S. The van der Waals surface area contributed by atoms with Gasteiger partial charge in [0.25, 0.3) is 0 Å². The van der Waals surface area contributed by atoms with E-state index >= 15 is 0 Å². The number of aryl methyl sites for hydroxylation is 1. The van der Waals surface area contributed by atoms with Gasteiger partial charge < -0.3 is 5.11 Å². The van der Waals surface area contributed by atoms with Crippen LogP contribution in [-0.2, 0) is 10.0 Å². The summed E-state index contributed by atoms with van der Waals surface area (Å²) in [6.45, 7) is 7.13. The Morgan fingerprint density at radius 3 is 2.39 bits per heavy atom. The monoisotopic (exact) mass is 269 g/mol. The van der Waals surface area contributed by atoms with Crippen LogP contribution >= 0.6 is 0 Å². The first-order valence-corrected chi connectivity index (χ1v) is 7.21. The molecule has 0 bridgehead atoms. The first-order valence-electron chi connectivity index (χ1n) is 5.73. The van der Waals surface area contributed by atoms with E-state index in [2.05, 4.69) is 11.3 Å². The number of aliphatic hydroxyl groups is 1. The number of benzene rings is 1. The number of hydrogen-bond donors (Lipinski definition) is 2. The van der Waals surface area contributed by atoms with Crippen LogP contribution in [0.3, 0.4) is 0 Å². The summed E-state index contributed by atoms with van der Waals surface area (Å²) < 4.78 is 26.7.